The van der Waals surface area contributed by atoms with Gasteiger partial charge in [0.2, 0.25) is 0 Å². The lowest BCUT2D eigenvalue weighted by atomic mass is 9.51. The summed E-state index contributed by atoms with van der Waals surface area (Å²) < 4.78 is 6.57. The van der Waals surface area contributed by atoms with Gasteiger partial charge < -0.3 is 25.2 Å². The topological polar surface area (TPSA) is 82.0 Å². The second-order valence-electron chi connectivity index (χ2n) is 11.7. The monoisotopic (exact) mass is 522 g/mol. The van der Waals surface area contributed by atoms with Crippen molar-refractivity contribution in [2.24, 2.45) is 11.3 Å². The summed E-state index contributed by atoms with van der Waals surface area (Å²) in [4.78, 5) is 16.8. The highest BCUT2D eigenvalue weighted by atomic mass is 16.5. The van der Waals surface area contributed by atoms with E-state index in [9.17, 15) is 15.0 Å². The van der Waals surface area contributed by atoms with Gasteiger partial charge in [0.15, 0.2) is 11.4 Å². The zero-order valence-electron chi connectivity index (χ0n) is 22.3. The molecule has 2 fully saturated rings. The van der Waals surface area contributed by atoms with Crippen LogP contribution in [0.25, 0.3) is 5.70 Å². The van der Waals surface area contributed by atoms with E-state index < -0.39 is 23.2 Å². The normalized spacial score (nSPS) is 35.0. The number of aliphatic hydroxyl groups excluding tert-OH is 1. The van der Waals surface area contributed by atoms with Crippen molar-refractivity contribution >= 4 is 17.2 Å². The van der Waals surface area contributed by atoms with Crippen LogP contribution in [0.5, 0.6) is 0 Å². The Hall–Kier alpha value is -3.45. The first-order chi connectivity index (χ1) is 18.8. The fourth-order valence-corrected chi connectivity index (χ4v) is 7.77. The van der Waals surface area contributed by atoms with Crippen molar-refractivity contribution in [1.29, 1.82) is 0 Å². The second kappa shape index (κ2) is 8.78. The molecule has 0 amide bonds. The molecule has 2 aliphatic heterocycles. The summed E-state index contributed by atoms with van der Waals surface area (Å²) in [5.74, 6) is 0.145. The molecule has 200 valence electrons. The summed E-state index contributed by atoms with van der Waals surface area (Å²) in [6, 6.07) is 19.8. The Morgan fingerprint density at radius 2 is 1.79 bits per heavy atom. The van der Waals surface area contributed by atoms with Crippen LogP contribution in [0, 0.1) is 11.3 Å². The lowest BCUT2D eigenvalue weighted by Crippen LogP contribution is -2.62. The van der Waals surface area contributed by atoms with Crippen LogP contribution in [-0.2, 0) is 9.53 Å². The van der Waals surface area contributed by atoms with Crippen LogP contribution in [0.1, 0.15) is 31.7 Å². The number of hydrogen-bond acceptors (Lipinski definition) is 6. The maximum Gasteiger partial charge on any atom is 0.200 e. The van der Waals surface area contributed by atoms with Gasteiger partial charge in [0.1, 0.15) is 18.0 Å². The van der Waals surface area contributed by atoms with Crippen LogP contribution in [0.2, 0.25) is 0 Å². The van der Waals surface area contributed by atoms with Gasteiger partial charge in [0.25, 0.3) is 0 Å². The molecule has 1 spiro atoms. The number of rotatable bonds is 5. The Morgan fingerprint density at radius 1 is 1.08 bits per heavy atom. The number of benzene rings is 2. The van der Waals surface area contributed by atoms with Crippen molar-refractivity contribution in [2.75, 3.05) is 18.9 Å². The summed E-state index contributed by atoms with van der Waals surface area (Å²) in [6.45, 7) is 2.66. The number of hydrogen-bond donors (Lipinski definition) is 3. The molecule has 3 N–H and O–H groups in total. The first kappa shape index (κ1) is 24.6. The van der Waals surface area contributed by atoms with Gasteiger partial charge in [-0.25, -0.2) is 0 Å². The lowest BCUT2D eigenvalue weighted by Gasteiger charge is -2.58. The number of ether oxygens (including phenoxy) is 1. The summed E-state index contributed by atoms with van der Waals surface area (Å²) in [7, 11) is 2.17. The SMILES string of the molecule is CC(C(=O)C1(O)CC=C2C[C@@H]3[C@@H]4C=C[C@H](O)[C@@H]5OC1=C2[C@]45CCN3C)=C(Nc1ccccc1)c1ccccc1. The van der Waals surface area contributed by atoms with Crippen LogP contribution in [0.4, 0.5) is 5.69 Å². The van der Waals surface area contributed by atoms with E-state index in [-0.39, 0.29) is 18.1 Å². The van der Waals surface area contributed by atoms with Crippen molar-refractivity contribution in [3.63, 3.8) is 0 Å². The number of Topliss-reactive ketones (excluding diaryl/α,β-unsaturated/α-hetero) is 1. The second-order valence-corrected chi connectivity index (χ2v) is 11.7. The maximum absolute atomic E-state index is 14.4. The van der Waals surface area contributed by atoms with Gasteiger partial charge in [-0.3, -0.25) is 4.79 Å². The van der Waals surface area contributed by atoms with Gasteiger partial charge in [-0.05, 0) is 56.6 Å². The number of piperidine rings is 1. The molecule has 6 heteroatoms. The van der Waals surface area contributed by atoms with E-state index in [0.29, 0.717) is 23.1 Å². The van der Waals surface area contributed by atoms with Crippen molar-refractivity contribution < 1.29 is 19.7 Å². The largest absolute Gasteiger partial charge is 0.487 e. The summed E-state index contributed by atoms with van der Waals surface area (Å²) in [5, 5.41) is 26.8. The molecule has 2 bridgehead atoms. The molecule has 1 saturated heterocycles. The molecule has 3 aliphatic carbocycles. The molecule has 2 aromatic carbocycles. The van der Waals surface area contributed by atoms with E-state index in [1.807, 2.05) is 66.7 Å². The number of carbonyl (C=O) groups excluding carboxylic acids is 1. The Bertz CT molecular complexity index is 1460. The number of aliphatic hydroxyl groups is 2. The molecule has 1 saturated carbocycles. The number of anilines is 1. The van der Waals surface area contributed by atoms with Gasteiger partial charge in [-0.15, -0.1) is 0 Å². The Balaban J connectivity index is 1.35. The quantitative estimate of drug-likeness (QED) is 0.398. The average molecular weight is 523 g/mol. The molecule has 5 aliphatic rings. The third-order valence-electron chi connectivity index (χ3n) is 9.69. The molecule has 2 aromatic rings. The highest BCUT2D eigenvalue weighted by Gasteiger charge is 2.68. The number of nitrogens with zero attached hydrogens (tertiary/aromatic N) is 1. The van der Waals surface area contributed by atoms with E-state index in [4.69, 9.17) is 4.74 Å². The van der Waals surface area contributed by atoms with Crippen molar-refractivity contribution in [2.45, 2.75) is 50.0 Å². The van der Waals surface area contributed by atoms with Gasteiger partial charge in [0, 0.05) is 40.6 Å². The maximum atomic E-state index is 14.4. The minimum Gasteiger partial charge on any atom is -0.487 e. The molecule has 6 nitrogen and oxygen atoms in total. The number of nitrogens with one attached hydrogen (secondary N) is 1. The molecule has 0 aromatic heterocycles. The van der Waals surface area contributed by atoms with Crippen LogP contribution >= 0.6 is 0 Å². The third kappa shape index (κ3) is 3.41. The highest BCUT2D eigenvalue weighted by molar-refractivity contribution is 6.10. The van der Waals surface area contributed by atoms with Gasteiger partial charge in [0.05, 0.1) is 5.70 Å². The molecule has 39 heavy (non-hydrogen) atoms. The third-order valence-corrected chi connectivity index (χ3v) is 9.69. The van der Waals surface area contributed by atoms with Gasteiger partial charge >= 0.3 is 0 Å². The van der Waals surface area contributed by atoms with Crippen molar-refractivity contribution in [3.05, 3.63) is 107 Å². The minimum absolute atomic E-state index is 0.151. The molecule has 7 rings (SSSR count). The Morgan fingerprint density at radius 3 is 2.54 bits per heavy atom. The van der Waals surface area contributed by atoms with E-state index in [1.54, 1.807) is 6.92 Å². The van der Waals surface area contributed by atoms with E-state index in [2.05, 4.69) is 29.4 Å². The summed E-state index contributed by atoms with van der Waals surface area (Å²) in [5.41, 5.74) is 2.65. The number of likely N-dealkylation sites (tertiary alicyclic amines) is 1. The number of ketones is 1. The molecule has 0 radical (unpaired) electrons. The molecular weight excluding hydrogens is 488 g/mol. The zero-order chi connectivity index (χ0) is 26.9. The lowest BCUT2D eigenvalue weighted by molar-refractivity contribution is -0.137. The summed E-state index contributed by atoms with van der Waals surface area (Å²) in [6.07, 6.45) is 6.57. The van der Waals surface area contributed by atoms with E-state index in [0.717, 1.165) is 41.8 Å². The smallest absolute Gasteiger partial charge is 0.200 e. The Labute approximate surface area is 229 Å². The van der Waals surface area contributed by atoms with E-state index in [1.165, 1.54) is 0 Å². The number of carbonyl (C=O) groups is 1. The predicted molar refractivity (Wildman–Crippen MR) is 150 cm³/mol. The standard InChI is InChI=1S/C33H34N2O4/c1-20(28(21-9-5-3-6-10-21)34-23-11-7-4-8-12-23)29(37)33(38)16-15-22-19-25-24-13-14-26(36)30-32(24,17-18-35(25)2)27(22)31(33)39-30/h3-15,24-26,30,34,36,38H,16-19H2,1-2H3/t24-,25+,26-,30-,32-,33?/m0/s1. The fraction of sp³-hybridized carbons (Fsp3) is 0.364. The highest BCUT2D eigenvalue weighted by Crippen LogP contribution is 2.66. The molecule has 2 heterocycles. The predicted octanol–water partition coefficient (Wildman–Crippen LogP) is 4.45. The molecule has 6 atom stereocenters. The van der Waals surface area contributed by atoms with Crippen LogP contribution in [0.15, 0.2) is 101 Å². The first-order valence-electron chi connectivity index (χ1n) is 13.9. The van der Waals surface area contributed by atoms with Crippen molar-refractivity contribution in [3.8, 4) is 0 Å². The van der Waals surface area contributed by atoms with Gasteiger partial charge in [-0.2, -0.15) is 0 Å². The average Bonchev–Trinajstić information content (AvgIpc) is 3.33. The van der Waals surface area contributed by atoms with Crippen LogP contribution in [-0.4, -0.2) is 58.3 Å². The van der Waals surface area contributed by atoms with Crippen LogP contribution < -0.4 is 5.32 Å². The fourth-order valence-electron chi connectivity index (χ4n) is 7.77. The first-order valence-corrected chi connectivity index (χ1v) is 13.9. The van der Waals surface area contributed by atoms with Crippen LogP contribution in [0.3, 0.4) is 0 Å². The molecule has 1 unspecified atom stereocenters. The van der Waals surface area contributed by atoms with Gasteiger partial charge in [-0.1, -0.05) is 66.8 Å². The summed E-state index contributed by atoms with van der Waals surface area (Å²) >= 11 is 0. The molecular formula is C33H34N2O4. The number of para-hydroxylation sites is 1. The Kier molecular flexibility index (Phi) is 5.53. The zero-order valence-corrected chi connectivity index (χ0v) is 22.3. The minimum atomic E-state index is -1.84. The van der Waals surface area contributed by atoms with E-state index >= 15 is 0 Å². The van der Waals surface area contributed by atoms with Crippen molar-refractivity contribution in [1.82, 2.24) is 4.90 Å².